The Morgan fingerprint density at radius 2 is 1.87 bits per heavy atom. The monoisotopic (exact) mass is 344 g/mol. The Bertz CT molecular complexity index is 763. The summed E-state index contributed by atoms with van der Waals surface area (Å²) in [6, 6.07) is 14.9. The van der Waals surface area contributed by atoms with Gasteiger partial charge in [0.2, 0.25) is 0 Å². The molecule has 1 heterocycles. The first-order valence-electron chi connectivity index (χ1n) is 7.50. The molecule has 2 aromatic rings. The third kappa shape index (κ3) is 2.73. The molecule has 5 heteroatoms. The van der Waals surface area contributed by atoms with Crippen LogP contribution in [0, 0.1) is 6.92 Å². The molecule has 0 radical (unpaired) electrons. The average molecular weight is 345 g/mol. The second kappa shape index (κ2) is 6.30. The molecule has 0 saturated carbocycles. The molecule has 0 aromatic heterocycles. The summed E-state index contributed by atoms with van der Waals surface area (Å²) in [6.07, 6.45) is 0. The number of thiocarbonyl (C=S) groups is 1. The Kier molecular flexibility index (Phi) is 4.37. The van der Waals surface area contributed by atoms with Gasteiger partial charge in [-0.05, 0) is 49.3 Å². The smallest absolute Gasteiger partial charge is 0.260 e. The summed E-state index contributed by atoms with van der Waals surface area (Å²) in [7, 11) is 0. The minimum absolute atomic E-state index is 0.0339. The molecule has 1 aliphatic rings. The van der Waals surface area contributed by atoms with Crippen LogP contribution >= 0.6 is 23.8 Å². The highest BCUT2D eigenvalue weighted by molar-refractivity contribution is 7.80. The van der Waals surface area contributed by atoms with Gasteiger partial charge in [0.25, 0.3) is 5.91 Å². The van der Waals surface area contributed by atoms with Gasteiger partial charge in [0.1, 0.15) is 6.04 Å². The van der Waals surface area contributed by atoms with Crippen LogP contribution in [0.3, 0.4) is 0 Å². The topological polar surface area (TPSA) is 23.6 Å². The number of likely N-dealkylation sites (N-methyl/N-ethyl adjacent to an activating group) is 1. The van der Waals surface area contributed by atoms with Gasteiger partial charge in [0, 0.05) is 11.6 Å². The van der Waals surface area contributed by atoms with Crippen LogP contribution in [0.2, 0.25) is 5.02 Å². The highest BCUT2D eigenvalue weighted by Gasteiger charge is 2.43. The molecular formula is C18H17ClN2OS. The number of nitrogens with zero attached hydrogens (tertiary/aromatic N) is 2. The third-order valence-electron chi connectivity index (χ3n) is 4.07. The molecular weight excluding hydrogens is 328 g/mol. The average Bonchev–Trinajstić information content (AvgIpc) is 2.81. The van der Waals surface area contributed by atoms with Gasteiger partial charge in [-0.1, -0.05) is 48.0 Å². The summed E-state index contributed by atoms with van der Waals surface area (Å²) in [5.74, 6) is -0.0339. The van der Waals surface area contributed by atoms with E-state index in [0.717, 1.165) is 16.8 Å². The molecule has 1 aliphatic heterocycles. The first-order chi connectivity index (χ1) is 11.0. The second-order valence-electron chi connectivity index (χ2n) is 5.49. The summed E-state index contributed by atoms with van der Waals surface area (Å²) >= 11 is 11.7. The van der Waals surface area contributed by atoms with Crippen LogP contribution in [0.4, 0.5) is 5.69 Å². The Labute approximate surface area is 146 Å². The fourth-order valence-corrected chi connectivity index (χ4v) is 3.50. The summed E-state index contributed by atoms with van der Waals surface area (Å²) in [4.78, 5) is 16.7. The molecule has 3 rings (SSSR count). The van der Waals surface area contributed by atoms with Crippen molar-refractivity contribution in [2.45, 2.75) is 19.9 Å². The lowest BCUT2D eigenvalue weighted by molar-refractivity contribution is -0.119. The zero-order chi connectivity index (χ0) is 16.6. The number of benzene rings is 2. The molecule has 2 aromatic carbocycles. The first-order valence-corrected chi connectivity index (χ1v) is 8.29. The highest BCUT2D eigenvalue weighted by Crippen LogP contribution is 2.36. The normalized spacial score (nSPS) is 18.0. The number of halogens is 1. The maximum atomic E-state index is 13.1. The molecule has 1 fully saturated rings. The number of hydrogen-bond acceptors (Lipinski definition) is 2. The van der Waals surface area contributed by atoms with Crippen LogP contribution in [0.15, 0.2) is 48.5 Å². The lowest BCUT2D eigenvalue weighted by Crippen LogP contribution is -2.33. The van der Waals surface area contributed by atoms with E-state index in [1.165, 1.54) is 0 Å². The van der Waals surface area contributed by atoms with Crippen LogP contribution in [0.5, 0.6) is 0 Å². The Morgan fingerprint density at radius 3 is 2.52 bits per heavy atom. The van der Waals surface area contributed by atoms with E-state index in [-0.39, 0.29) is 11.9 Å². The predicted octanol–water partition coefficient (Wildman–Crippen LogP) is 4.34. The van der Waals surface area contributed by atoms with Gasteiger partial charge in [-0.25, -0.2) is 0 Å². The molecule has 1 saturated heterocycles. The summed E-state index contributed by atoms with van der Waals surface area (Å²) in [5.41, 5.74) is 2.67. The van der Waals surface area contributed by atoms with Crippen LogP contribution in [0.25, 0.3) is 0 Å². The summed E-state index contributed by atoms with van der Waals surface area (Å²) < 4.78 is 0. The molecule has 1 amide bonds. The fraction of sp³-hybridized carbons (Fsp3) is 0.222. The van der Waals surface area contributed by atoms with E-state index in [4.69, 9.17) is 23.8 Å². The number of aryl methyl sites for hydroxylation is 1. The van der Waals surface area contributed by atoms with Gasteiger partial charge in [-0.15, -0.1) is 0 Å². The van der Waals surface area contributed by atoms with E-state index in [0.29, 0.717) is 16.7 Å². The minimum atomic E-state index is -0.382. The Morgan fingerprint density at radius 1 is 1.17 bits per heavy atom. The van der Waals surface area contributed by atoms with Crippen molar-refractivity contribution in [3.05, 3.63) is 64.7 Å². The molecule has 3 nitrogen and oxygen atoms in total. The van der Waals surface area contributed by atoms with Gasteiger partial charge >= 0.3 is 0 Å². The second-order valence-corrected chi connectivity index (χ2v) is 6.29. The van der Waals surface area contributed by atoms with Crippen molar-refractivity contribution in [3.8, 4) is 0 Å². The van der Waals surface area contributed by atoms with E-state index in [2.05, 4.69) is 0 Å². The van der Waals surface area contributed by atoms with Crippen molar-refractivity contribution in [2.75, 3.05) is 11.4 Å². The zero-order valence-corrected chi connectivity index (χ0v) is 14.6. The highest BCUT2D eigenvalue weighted by atomic mass is 35.5. The minimum Gasteiger partial charge on any atom is -0.333 e. The van der Waals surface area contributed by atoms with Crippen molar-refractivity contribution < 1.29 is 4.79 Å². The summed E-state index contributed by atoms with van der Waals surface area (Å²) in [5, 5.41) is 1.11. The lowest BCUT2D eigenvalue weighted by Gasteiger charge is -2.22. The lowest BCUT2D eigenvalue weighted by atomic mass is 10.1. The van der Waals surface area contributed by atoms with E-state index in [1.54, 1.807) is 11.0 Å². The molecule has 118 valence electrons. The number of amides is 1. The van der Waals surface area contributed by atoms with E-state index in [1.807, 2.05) is 61.2 Å². The van der Waals surface area contributed by atoms with Gasteiger partial charge < -0.3 is 4.90 Å². The number of rotatable bonds is 3. The molecule has 0 N–H and O–H groups in total. The number of anilines is 1. The number of carbonyl (C=O) groups excluding carboxylic acids is 1. The zero-order valence-electron chi connectivity index (χ0n) is 13.0. The van der Waals surface area contributed by atoms with Crippen molar-refractivity contribution in [1.29, 1.82) is 0 Å². The summed E-state index contributed by atoms with van der Waals surface area (Å²) in [6.45, 7) is 4.62. The molecule has 0 aliphatic carbocycles. The van der Waals surface area contributed by atoms with Crippen molar-refractivity contribution in [2.24, 2.45) is 0 Å². The maximum absolute atomic E-state index is 13.1. The van der Waals surface area contributed by atoms with Gasteiger partial charge in [-0.3, -0.25) is 9.69 Å². The molecule has 1 unspecified atom stereocenters. The first kappa shape index (κ1) is 16.0. The van der Waals surface area contributed by atoms with Crippen molar-refractivity contribution >= 4 is 40.5 Å². The van der Waals surface area contributed by atoms with E-state index in [9.17, 15) is 4.79 Å². The van der Waals surface area contributed by atoms with Gasteiger partial charge in [-0.2, -0.15) is 0 Å². The van der Waals surface area contributed by atoms with Gasteiger partial charge in [0.05, 0.1) is 5.69 Å². The van der Waals surface area contributed by atoms with Crippen LogP contribution in [0.1, 0.15) is 24.1 Å². The van der Waals surface area contributed by atoms with Crippen molar-refractivity contribution in [3.63, 3.8) is 0 Å². The van der Waals surface area contributed by atoms with Crippen LogP contribution < -0.4 is 4.90 Å². The molecule has 0 bridgehead atoms. The Hall–Kier alpha value is -1.91. The van der Waals surface area contributed by atoms with Gasteiger partial charge in [0.15, 0.2) is 5.11 Å². The largest absolute Gasteiger partial charge is 0.333 e. The van der Waals surface area contributed by atoms with Crippen LogP contribution in [-0.4, -0.2) is 22.5 Å². The SMILES string of the molecule is CCN1C(=S)N(c2cc(Cl)ccc2C)C(=O)C1c1ccccc1. The quantitative estimate of drug-likeness (QED) is 0.774. The standard InChI is InChI=1S/C18H17ClN2OS/c1-3-20-16(13-7-5-4-6-8-13)17(22)21(18(20)23)15-11-14(19)10-9-12(15)2/h4-11,16H,3H2,1-2H3. The Balaban J connectivity index is 2.08. The fourth-order valence-electron chi connectivity index (χ4n) is 2.91. The molecule has 23 heavy (non-hydrogen) atoms. The van der Waals surface area contributed by atoms with Crippen molar-refractivity contribution in [1.82, 2.24) is 4.90 Å². The van der Waals surface area contributed by atoms with E-state index < -0.39 is 0 Å². The molecule has 1 atom stereocenters. The molecule has 0 spiro atoms. The predicted molar refractivity (Wildman–Crippen MR) is 97.8 cm³/mol. The number of hydrogen-bond donors (Lipinski definition) is 0. The third-order valence-corrected chi connectivity index (χ3v) is 4.72. The van der Waals surface area contributed by atoms with Crippen LogP contribution in [-0.2, 0) is 4.79 Å². The van der Waals surface area contributed by atoms with E-state index >= 15 is 0 Å². The maximum Gasteiger partial charge on any atom is 0.260 e. The number of carbonyl (C=O) groups is 1.